The van der Waals surface area contributed by atoms with Gasteiger partial charge in [-0.1, -0.05) is 0 Å². The summed E-state index contributed by atoms with van der Waals surface area (Å²) in [7, 11) is 0. The zero-order valence-corrected chi connectivity index (χ0v) is 13.1. The van der Waals surface area contributed by atoms with Crippen LogP contribution in [0.4, 0.5) is 10.1 Å². The lowest BCUT2D eigenvalue weighted by atomic mass is 10.1. The number of nitrogens with one attached hydrogen (secondary N) is 2. The van der Waals surface area contributed by atoms with Gasteiger partial charge in [0.2, 0.25) is 0 Å². The first-order valence-electron chi connectivity index (χ1n) is 7.90. The van der Waals surface area contributed by atoms with Gasteiger partial charge in [-0.25, -0.2) is 4.39 Å². The molecule has 2 heterocycles. The molecule has 2 unspecified atom stereocenters. The molecule has 0 aliphatic carbocycles. The van der Waals surface area contributed by atoms with Gasteiger partial charge in [-0.2, -0.15) is 0 Å². The average Bonchev–Trinajstić information content (AvgIpc) is 3.14. The summed E-state index contributed by atoms with van der Waals surface area (Å²) in [6.45, 7) is 1.38. The third-order valence-electron chi connectivity index (χ3n) is 4.15. The van der Waals surface area contributed by atoms with E-state index in [2.05, 4.69) is 20.8 Å². The van der Waals surface area contributed by atoms with Gasteiger partial charge in [0.25, 0.3) is 0 Å². The Morgan fingerprint density at radius 1 is 1.42 bits per heavy atom. The Morgan fingerprint density at radius 2 is 2.29 bits per heavy atom. The summed E-state index contributed by atoms with van der Waals surface area (Å²) >= 11 is 0. The van der Waals surface area contributed by atoms with Crippen LogP contribution in [-0.2, 0) is 6.54 Å². The first-order chi connectivity index (χ1) is 11.7. The van der Waals surface area contributed by atoms with E-state index >= 15 is 0 Å². The minimum Gasteiger partial charge on any atom is -0.377 e. The molecule has 1 aromatic carbocycles. The summed E-state index contributed by atoms with van der Waals surface area (Å²) < 4.78 is 13.2. The van der Waals surface area contributed by atoms with Crippen molar-refractivity contribution in [3.63, 3.8) is 0 Å². The van der Waals surface area contributed by atoms with Gasteiger partial charge >= 0.3 is 0 Å². The zero-order chi connectivity index (χ0) is 16.9. The Labute approximate surface area is 139 Å². The second-order valence-electron chi connectivity index (χ2n) is 5.83. The van der Waals surface area contributed by atoms with Crippen LogP contribution in [0.25, 0.3) is 11.3 Å². The number of aromatic nitrogens is 1. The van der Waals surface area contributed by atoms with E-state index in [1.165, 1.54) is 12.1 Å². The van der Waals surface area contributed by atoms with Crippen LogP contribution >= 0.6 is 0 Å². The van der Waals surface area contributed by atoms with Crippen molar-refractivity contribution >= 4 is 5.69 Å². The van der Waals surface area contributed by atoms with Gasteiger partial charge in [0.05, 0.1) is 5.69 Å². The Morgan fingerprint density at radius 3 is 3.04 bits per heavy atom. The number of nitroso groups, excluding NO2 is 1. The smallest absolute Gasteiger partial charge is 0.125 e. The zero-order valence-electron chi connectivity index (χ0n) is 13.1. The van der Waals surface area contributed by atoms with E-state index in [4.69, 9.17) is 0 Å². The molecule has 3 N–H and O–H groups in total. The average molecular weight is 330 g/mol. The van der Waals surface area contributed by atoms with Crippen molar-refractivity contribution in [1.82, 2.24) is 15.6 Å². The van der Waals surface area contributed by atoms with Gasteiger partial charge in [0.15, 0.2) is 0 Å². The minimum atomic E-state index is -0.623. The van der Waals surface area contributed by atoms with Crippen molar-refractivity contribution in [3.8, 4) is 11.3 Å². The molecule has 7 heteroatoms. The largest absolute Gasteiger partial charge is 0.377 e. The first-order valence-corrected chi connectivity index (χ1v) is 7.90. The molecule has 1 aliphatic heterocycles. The summed E-state index contributed by atoms with van der Waals surface area (Å²) in [6, 6.07) is 7.53. The number of aliphatic hydroxyl groups is 1. The predicted octanol–water partition coefficient (Wildman–Crippen LogP) is 2.45. The number of halogens is 1. The highest BCUT2D eigenvalue weighted by molar-refractivity contribution is 5.73. The van der Waals surface area contributed by atoms with Crippen LogP contribution < -0.4 is 10.6 Å². The number of hydrogen-bond acceptors (Lipinski definition) is 6. The molecule has 126 valence electrons. The molecule has 1 aliphatic rings. The first kappa shape index (κ1) is 16.6. The predicted molar refractivity (Wildman–Crippen MR) is 89.0 cm³/mol. The number of benzene rings is 1. The van der Waals surface area contributed by atoms with Gasteiger partial charge in [-0.05, 0) is 54.4 Å². The number of nitrogens with zero attached hydrogens (tertiary/aromatic N) is 2. The maximum Gasteiger partial charge on any atom is 0.125 e. The van der Waals surface area contributed by atoms with Gasteiger partial charge in [0.1, 0.15) is 17.7 Å². The molecule has 2 aromatic rings. The molecular formula is C17H19FN4O2. The fourth-order valence-corrected chi connectivity index (χ4v) is 2.87. The summed E-state index contributed by atoms with van der Waals surface area (Å²) in [5.41, 5.74) is 1.93. The highest BCUT2D eigenvalue weighted by Gasteiger charge is 2.21. The van der Waals surface area contributed by atoms with Crippen molar-refractivity contribution in [2.24, 2.45) is 5.18 Å². The van der Waals surface area contributed by atoms with Crippen LogP contribution in [0.1, 0.15) is 18.4 Å². The van der Waals surface area contributed by atoms with E-state index < -0.39 is 12.0 Å². The number of rotatable bonds is 6. The van der Waals surface area contributed by atoms with Gasteiger partial charge < -0.3 is 10.4 Å². The van der Waals surface area contributed by atoms with E-state index in [0.717, 1.165) is 31.0 Å². The van der Waals surface area contributed by atoms with E-state index in [9.17, 15) is 14.4 Å². The molecule has 0 amide bonds. The van der Waals surface area contributed by atoms with Crippen LogP contribution in [0.5, 0.6) is 0 Å². The molecule has 0 spiro atoms. The molecular weight excluding hydrogens is 311 g/mol. The van der Waals surface area contributed by atoms with Gasteiger partial charge in [0, 0.05) is 30.4 Å². The lowest BCUT2D eigenvalue weighted by Gasteiger charge is -2.19. The SMILES string of the molecule is O=Nc1cc(F)ccc1-c1cc(CNC(O)C2CCCN2)ccn1. The van der Waals surface area contributed by atoms with Crippen LogP contribution in [0.15, 0.2) is 41.7 Å². The Bertz CT molecular complexity index is 719. The Kier molecular flexibility index (Phi) is 5.24. The van der Waals surface area contributed by atoms with Crippen molar-refractivity contribution in [2.75, 3.05) is 6.54 Å². The second-order valence-corrected chi connectivity index (χ2v) is 5.83. The topological polar surface area (TPSA) is 86.6 Å². The van der Waals surface area contributed by atoms with Crippen LogP contribution in [0.2, 0.25) is 0 Å². The fourth-order valence-electron chi connectivity index (χ4n) is 2.87. The molecule has 3 rings (SSSR count). The quantitative estimate of drug-likeness (QED) is 0.559. The maximum absolute atomic E-state index is 13.2. The van der Waals surface area contributed by atoms with E-state index in [1.54, 1.807) is 12.3 Å². The molecule has 1 saturated heterocycles. The van der Waals surface area contributed by atoms with E-state index in [-0.39, 0.29) is 11.7 Å². The Balaban J connectivity index is 1.73. The van der Waals surface area contributed by atoms with Crippen molar-refractivity contribution in [2.45, 2.75) is 31.7 Å². The Hall–Kier alpha value is -2.22. The normalized spacial score (nSPS) is 18.5. The lowest BCUT2D eigenvalue weighted by molar-refractivity contribution is 0.0993. The molecule has 0 radical (unpaired) electrons. The minimum absolute atomic E-state index is 0.0165. The molecule has 0 bridgehead atoms. The molecule has 24 heavy (non-hydrogen) atoms. The molecule has 1 fully saturated rings. The van der Waals surface area contributed by atoms with Crippen LogP contribution in [0.3, 0.4) is 0 Å². The number of aliphatic hydroxyl groups excluding tert-OH is 1. The van der Waals surface area contributed by atoms with E-state index in [0.29, 0.717) is 17.8 Å². The maximum atomic E-state index is 13.2. The van der Waals surface area contributed by atoms with Gasteiger partial charge in [-0.15, -0.1) is 4.91 Å². The monoisotopic (exact) mass is 330 g/mol. The third kappa shape index (κ3) is 3.81. The van der Waals surface area contributed by atoms with Crippen LogP contribution in [-0.4, -0.2) is 28.9 Å². The number of pyridine rings is 1. The highest BCUT2D eigenvalue weighted by Crippen LogP contribution is 2.29. The number of hydrogen-bond donors (Lipinski definition) is 3. The van der Waals surface area contributed by atoms with Crippen molar-refractivity contribution in [1.29, 1.82) is 0 Å². The third-order valence-corrected chi connectivity index (χ3v) is 4.15. The fraction of sp³-hybridized carbons (Fsp3) is 0.353. The van der Waals surface area contributed by atoms with Crippen molar-refractivity contribution in [3.05, 3.63) is 52.8 Å². The van der Waals surface area contributed by atoms with Crippen molar-refractivity contribution < 1.29 is 9.50 Å². The summed E-state index contributed by atoms with van der Waals surface area (Å²) in [6.07, 6.45) is 3.00. The van der Waals surface area contributed by atoms with Crippen LogP contribution in [0, 0.1) is 10.7 Å². The standard InChI is InChI=1S/C17H19FN4O2/c18-12-3-4-13(16(9-12)22-24)15-8-11(5-7-20-15)10-21-17(23)14-2-1-6-19-14/h3-5,7-9,14,17,19,21,23H,1-2,6,10H2. The highest BCUT2D eigenvalue weighted by atomic mass is 19.1. The summed E-state index contributed by atoms with van der Waals surface area (Å²) in [5.74, 6) is -0.515. The molecule has 6 nitrogen and oxygen atoms in total. The van der Waals surface area contributed by atoms with Gasteiger partial charge in [-0.3, -0.25) is 10.3 Å². The molecule has 0 saturated carbocycles. The molecule has 2 atom stereocenters. The summed E-state index contributed by atoms with van der Waals surface area (Å²) in [5, 5.41) is 19.3. The van der Waals surface area contributed by atoms with E-state index in [1.807, 2.05) is 6.07 Å². The lowest BCUT2D eigenvalue weighted by Crippen LogP contribution is -2.44. The summed E-state index contributed by atoms with van der Waals surface area (Å²) in [4.78, 5) is 15.1. The second kappa shape index (κ2) is 7.57. The molecule has 1 aromatic heterocycles.